The maximum atomic E-state index is 9.04. The van der Waals surface area contributed by atoms with Crippen molar-refractivity contribution in [3.05, 3.63) is 42.0 Å². The van der Waals surface area contributed by atoms with Crippen LogP contribution in [0.15, 0.2) is 36.4 Å². The molecule has 0 saturated carbocycles. The second-order valence-electron chi connectivity index (χ2n) is 3.31. The summed E-state index contributed by atoms with van der Waals surface area (Å²) < 4.78 is 0. The number of benzene rings is 1. The number of aliphatic hydroxyl groups is 2. The average molecular weight is 207 g/mol. The zero-order valence-electron chi connectivity index (χ0n) is 8.63. The molecule has 1 aromatic rings. The first-order chi connectivity index (χ1) is 7.33. The molecule has 0 heterocycles. The molecule has 3 heteroatoms. The smallest absolute Gasteiger partial charge is 0.0895 e. The lowest BCUT2D eigenvalue weighted by atomic mass is 10.2. The van der Waals surface area contributed by atoms with E-state index in [1.54, 1.807) is 0 Å². The van der Waals surface area contributed by atoms with E-state index < -0.39 is 6.10 Å². The second-order valence-corrected chi connectivity index (χ2v) is 3.31. The summed E-state index contributed by atoms with van der Waals surface area (Å²) in [6, 6.07) is 10.0. The Balaban J connectivity index is 2.18. The van der Waals surface area contributed by atoms with E-state index in [1.165, 1.54) is 0 Å². The Morgan fingerprint density at radius 1 is 1.27 bits per heavy atom. The van der Waals surface area contributed by atoms with Crippen LogP contribution < -0.4 is 5.32 Å². The fourth-order valence-electron chi connectivity index (χ4n) is 1.16. The van der Waals surface area contributed by atoms with Crippen molar-refractivity contribution < 1.29 is 10.2 Å². The van der Waals surface area contributed by atoms with Crippen LogP contribution in [0.25, 0.3) is 6.08 Å². The SMILES string of the molecule is OCC(O)CNCC=Cc1ccccc1. The first-order valence-corrected chi connectivity index (χ1v) is 5.04. The fraction of sp³-hybridized carbons (Fsp3) is 0.333. The van der Waals surface area contributed by atoms with Crippen LogP contribution in [0, 0.1) is 0 Å². The lowest BCUT2D eigenvalue weighted by Crippen LogP contribution is -2.29. The number of rotatable bonds is 6. The molecule has 1 rings (SSSR count). The first kappa shape index (κ1) is 11.9. The standard InChI is InChI=1S/C12H17NO2/c14-10-12(15)9-13-8-4-7-11-5-2-1-3-6-11/h1-7,12-15H,8-10H2. The Hall–Kier alpha value is -1.16. The largest absolute Gasteiger partial charge is 0.394 e. The molecule has 15 heavy (non-hydrogen) atoms. The van der Waals surface area contributed by atoms with Crippen LogP contribution in [0.2, 0.25) is 0 Å². The molecule has 82 valence electrons. The zero-order chi connectivity index (χ0) is 10.9. The summed E-state index contributed by atoms with van der Waals surface area (Å²) in [5.74, 6) is 0. The summed E-state index contributed by atoms with van der Waals surface area (Å²) in [5.41, 5.74) is 1.15. The van der Waals surface area contributed by atoms with Crippen LogP contribution in [-0.2, 0) is 0 Å². The van der Waals surface area contributed by atoms with Crippen LogP contribution >= 0.6 is 0 Å². The van der Waals surface area contributed by atoms with Gasteiger partial charge in [0.1, 0.15) is 0 Å². The van der Waals surface area contributed by atoms with Crippen molar-refractivity contribution in [2.24, 2.45) is 0 Å². The van der Waals surface area contributed by atoms with Crippen LogP contribution in [0.5, 0.6) is 0 Å². The predicted octanol–water partition coefficient (Wildman–Crippen LogP) is 0.643. The van der Waals surface area contributed by atoms with Gasteiger partial charge in [-0.05, 0) is 5.56 Å². The van der Waals surface area contributed by atoms with Crippen LogP contribution in [-0.4, -0.2) is 36.0 Å². The van der Waals surface area contributed by atoms with Crippen molar-refractivity contribution in [3.63, 3.8) is 0 Å². The van der Waals surface area contributed by atoms with Crippen molar-refractivity contribution in [2.45, 2.75) is 6.10 Å². The maximum Gasteiger partial charge on any atom is 0.0895 e. The van der Waals surface area contributed by atoms with Crippen LogP contribution in [0.3, 0.4) is 0 Å². The first-order valence-electron chi connectivity index (χ1n) is 5.04. The van der Waals surface area contributed by atoms with Gasteiger partial charge in [0.2, 0.25) is 0 Å². The van der Waals surface area contributed by atoms with Gasteiger partial charge in [0.15, 0.2) is 0 Å². The molecule has 1 aromatic carbocycles. The summed E-state index contributed by atoms with van der Waals surface area (Å²) >= 11 is 0. The van der Waals surface area contributed by atoms with Crippen LogP contribution in [0.4, 0.5) is 0 Å². The van der Waals surface area contributed by atoms with Crippen molar-refractivity contribution in [1.82, 2.24) is 5.32 Å². The Labute approximate surface area is 90.1 Å². The summed E-state index contributed by atoms with van der Waals surface area (Å²) in [5, 5.41) is 20.6. The van der Waals surface area contributed by atoms with E-state index in [2.05, 4.69) is 5.32 Å². The lowest BCUT2D eigenvalue weighted by Gasteiger charge is -2.06. The molecule has 1 atom stereocenters. The molecule has 0 aromatic heterocycles. The van der Waals surface area contributed by atoms with Gasteiger partial charge in [-0.2, -0.15) is 0 Å². The molecular weight excluding hydrogens is 190 g/mol. The van der Waals surface area contributed by atoms with Gasteiger partial charge in [-0.15, -0.1) is 0 Å². The highest BCUT2D eigenvalue weighted by Crippen LogP contribution is 1.99. The van der Waals surface area contributed by atoms with Crippen molar-refractivity contribution in [3.8, 4) is 0 Å². The minimum absolute atomic E-state index is 0.199. The van der Waals surface area contributed by atoms with E-state index in [4.69, 9.17) is 10.2 Å². The number of nitrogens with one attached hydrogen (secondary N) is 1. The third kappa shape index (κ3) is 5.32. The van der Waals surface area contributed by atoms with Gasteiger partial charge in [-0.1, -0.05) is 42.5 Å². The third-order valence-corrected chi connectivity index (χ3v) is 1.96. The van der Waals surface area contributed by atoms with Gasteiger partial charge in [-0.3, -0.25) is 0 Å². The number of hydrogen-bond acceptors (Lipinski definition) is 3. The molecule has 0 aliphatic heterocycles. The molecule has 0 aliphatic carbocycles. The number of aliphatic hydroxyl groups excluding tert-OH is 2. The topological polar surface area (TPSA) is 52.5 Å². The van der Waals surface area contributed by atoms with Gasteiger partial charge < -0.3 is 15.5 Å². The average Bonchev–Trinajstić information content (AvgIpc) is 2.29. The summed E-state index contributed by atoms with van der Waals surface area (Å²) in [4.78, 5) is 0. The van der Waals surface area contributed by atoms with Crippen molar-refractivity contribution in [1.29, 1.82) is 0 Å². The molecule has 0 fully saturated rings. The highest BCUT2D eigenvalue weighted by atomic mass is 16.3. The lowest BCUT2D eigenvalue weighted by molar-refractivity contribution is 0.0953. The molecule has 0 saturated heterocycles. The highest BCUT2D eigenvalue weighted by Gasteiger charge is 1.97. The van der Waals surface area contributed by atoms with Crippen LogP contribution in [0.1, 0.15) is 5.56 Å². The predicted molar refractivity (Wildman–Crippen MR) is 61.4 cm³/mol. The minimum atomic E-state index is -0.671. The van der Waals surface area contributed by atoms with Crippen molar-refractivity contribution in [2.75, 3.05) is 19.7 Å². The molecule has 0 bridgehead atoms. The Bertz CT molecular complexity index is 285. The molecule has 3 N–H and O–H groups in total. The number of hydrogen-bond donors (Lipinski definition) is 3. The molecule has 3 nitrogen and oxygen atoms in total. The Morgan fingerprint density at radius 2 is 2.00 bits per heavy atom. The van der Waals surface area contributed by atoms with E-state index in [1.807, 2.05) is 42.5 Å². The van der Waals surface area contributed by atoms with Crippen molar-refractivity contribution >= 4 is 6.08 Å². The molecular formula is C12H17NO2. The van der Waals surface area contributed by atoms with E-state index in [9.17, 15) is 0 Å². The monoisotopic (exact) mass is 207 g/mol. The molecule has 0 amide bonds. The summed E-state index contributed by atoms with van der Waals surface area (Å²) in [6.07, 6.45) is 3.33. The Morgan fingerprint density at radius 3 is 2.67 bits per heavy atom. The molecule has 0 aliphatic rings. The van der Waals surface area contributed by atoms with Gasteiger partial charge in [0.05, 0.1) is 12.7 Å². The second kappa shape index (κ2) is 7.17. The van der Waals surface area contributed by atoms with Gasteiger partial charge in [0, 0.05) is 13.1 Å². The van der Waals surface area contributed by atoms with E-state index in [0.29, 0.717) is 13.1 Å². The highest BCUT2D eigenvalue weighted by molar-refractivity contribution is 5.48. The van der Waals surface area contributed by atoms with E-state index in [0.717, 1.165) is 5.56 Å². The minimum Gasteiger partial charge on any atom is -0.394 e. The van der Waals surface area contributed by atoms with E-state index >= 15 is 0 Å². The maximum absolute atomic E-state index is 9.04. The molecule has 1 unspecified atom stereocenters. The molecule has 0 radical (unpaired) electrons. The zero-order valence-corrected chi connectivity index (χ0v) is 8.63. The summed E-state index contributed by atoms with van der Waals surface area (Å²) in [7, 11) is 0. The normalized spacial score (nSPS) is 13.2. The van der Waals surface area contributed by atoms with Gasteiger partial charge >= 0.3 is 0 Å². The van der Waals surface area contributed by atoms with E-state index in [-0.39, 0.29) is 6.61 Å². The summed E-state index contributed by atoms with van der Waals surface area (Å²) in [6.45, 7) is 0.900. The quantitative estimate of drug-likeness (QED) is 0.600. The molecule has 0 spiro atoms. The van der Waals surface area contributed by atoms with Gasteiger partial charge in [0.25, 0.3) is 0 Å². The van der Waals surface area contributed by atoms with Gasteiger partial charge in [-0.25, -0.2) is 0 Å². The Kier molecular flexibility index (Phi) is 5.70. The fourth-order valence-corrected chi connectivity index (χ4v) is 1.16. The third-order valence-electron chi connectivity index (χ3n) is 1.96.